The molecule has 98 valence electrons. The van der Waals surface area contributed by atoms with E-state index in [1.807, 2.05) is 0 Å². The van der Waals surface area contributed by atoms with Gasteiger partial charge >= 0.3 is 5.97 Å². The molecule has 1 aliphatic rings. The quantitative estimate of drug-likeness (QED) is 0.850. The Morgan fingerprint density at radius 3 is 2.33 bits per heavy atom. The summed E-state index contributed by atoms with van der Waals surface area (Å²) in [5.41, 5.74) is 0. The van der Waals surface area contributed by atoms with E-state index in [9.17, 15) is 18.3 Å². The summed E-state index contributed by atoms with van der Waals surface area (Å²) in [7, 11) is -3.89. The average molecular weight is 398 g/mol. The zero-order chi connectivity index (χ0) is 13.6. The first-order chi connectivity index (χ1) is 8.31. The van der Waals surface area contributed by atoms with Gasteiger partial charge in [-0.05, 0) is 53.4 Å². The SMILES string of the molecule is O=C(O)C1(S(=O)(=O)c2cc(Br)ccc2Br)CCC1. The number of carboxylic acids is 1. The van der Waals surface area contributed by atoms with Crippen molar-refractivity contribution in [1.29, 1.82) is 0 Å². The van der Waals surface area contributed by atoms with E-state index in [0.717, 1.165) is 0 Å². The number of hydrogen-bond acceptors (Lipinski definition) is 3. The average Bonchev–Trinajstić information content (AvgIpc) is 2.18. The van der Waals surface area contributed by atoms with Crippen LogP contribution in [0.3, 0.4) is 0 Å². The maximum atomic E-state index is 12.5. The Balaban J connectivity index is 2.62. The van der Waals surface area contributed by atoms with E-state index < -0.39 is 20.6 Å². The van der Waals surface area contributed by atoms with Gasteiger partial charge in [-0.15, -0.1) is 0 Å². The Morgan fingerprint density at radius 1 is 1.28 bits per heavy atom. The first kappa shape index (κ1) is 14.0. The second-order valence-corrected chi connectivity index (χ2v) is 8.23. The third-order valence-corrected chi connectivity index (χ3v) is 7.22. The van der Waals surface area contributed by atoms with Gasteiger partial charge in [-0.1, -0.05) is 15.9 Å². The van der Waals surface area contributed by atoms with Crippen molar-refractivity contribution in [2.45, 2.75) is 28.9 Å². The standard InChI is InChI=1S/C11H10Br2O4S/c12-7-2-3-8(13)9(6-7)18(16,17)11(10(14)15)4-1-5-11/h2-3,6H,1,4-5H2,(H,14,15). The van der Waals surface area contributed by atoms with Gasteiger partial charge in [0.2, 0.25) is 0 Å². The largest absolute Gasteiger partial charge is 0.480 e. The first-order valence-electron chi connectivity index (χ1n) is 5.24. The molecule has 0 amide bonds. The molecule has 0 spiro atoms. The summed E-state index contributed by atoms with van der Waals surface area (Å²) in [6.45, 7) is 0. The second-order valence-electron chi connectivity index (χ2n) is 4.23. The molecular weight excluding hydrogens is 388 g/mol. The van der Waals surface area contributed by atoms with Crippen LogP contribution >= 0.6 is 31.9 Å². The fourth-order valence-corrected chi connectivity index (χ4v) is 5.47. The number of carboxylic acid groups (broad SMARTS) is 1. The molecule has 4 nitrogen and oxygen atoms in total. The van der Waals surface area contributed by atoms with Crippen LogP contribution in [0.15, 0.2) is 32.0 Å². The maximum absolute atomic E-state index is 12.5. The maximum Gasteiger partial charge on any atom is 0.325 e. The second kappa shape index (κ2) is 4.61. The highest BCUT2D eigenvalue weighted by atomic mass is 79.9. The zero-order valence-corrected chi connectivity index (χ0v) is 13.2. The summed E-state index contributed by atoms with van der Waals surface area (Å²) >= 11 is 6.37. The van der Waals surface area contributed by atoms with Gasteiger partial charge < -0.3 is 5.11 Å². The molecule has 0 aliphatic heterocycles. The molecule has 7 heteroatoms. The third-order valence-electron chi connectivity index (χ3n) is 3.25. The van der Waals surface area contributed by atoms with Crippen molar-refractivity contribution in [2.75, 3.05) is 0 Å². The lowest BCUT2D eigenvalue weighted by molar-refractivity contribution is -0.142. The third kappa shape index (κ3) is 1.92. The summed E-state index contributed by atoms with van der Waals surface area (Å²) in [6.07, 6.45) is 0.963. The molecule has 18 heavy (non-hydrogen) atoms. The number of aliphatic carboxylic acids is 1. The van der Waals surface area contributed by atoms with Crippen molar-refractivity contribution in [1.82, 2.24) is 0 Å². The van der Waals surface area contributed by atoms with Crippen LogP contribution in [0, 0.1) is 0 Å². The number of rotatable bonds is 3. The Bertz CT molecular complexity index is 605. The van der Waals surface area contributed by atoms with Crippen LogP contribution in [0.5, 0.6) is 0 Å². The Morgan fingerprint density at radius 2 is 1.89 bits per heavy atom. The van der Waals surface area contributed by atoms with Gasteiger partial charge in [-0.25, -0.2) is 8.42 Å². The predicted molar refractivity (Wildman–Crippen MR) is 73.2 cm³/mol. The smallest absolute Gasteiger partial charge is 0.325 e. The molecule has 0 heterocycles. The molecule has 1 aromatic carbocycles. The van der Waals surface area contributed by atoms with Gasteiger partial charge in [0.25, 0.3) is 0 Å². The molecule has 2 rings (SSSR count). The van der Waals surface area contributed by atoms with E-state index in [4.69, 9.17) is 0 Å². The first-order valence-corrected chi connectivity index (χ1v) is 8.31. The van der Waals surface area contributed by atoms with Gasteiger partial charge in [-0.3, -0.25) is 4.79 Å². The van der Waals surface area contributed by atoms with Gasteiger partial charge in [-0.2, -0.15) is 0 Å². The molecule has 1 aliphatic carbocycles. The van der Waals surface area contributed by atoms with Gasteiger partial charge in [0, 0.05) is 8.95 Å². The van der Waals surface area contributed by atoms with E-state index in [0.29, 0.717) is 15.4 Å². The van der Waals surface area contributed by atoms with E-state index in [-0.39, 0.29) is 17.7 Å². The molecule has 0 saturated heterocycles. The number of sulfone groups is 1. The number of carbonyl (C=O) groups is 1. The number of benzene rings is 1. The van der Waals surface area contributed by atoms with Crippen LogP contribution in [0.1, 0.15) is 19.3 Å². The molecule has 0 atom stereocenters. The van der Waals surface area contributed by atoms with Crippen LogP contribution < -0.4 is 0 Å². The highest BCUT2D eigenvalue weighted by Gasteiger charge is 2.56. The molecule has 0 radical (unpaired) electrons. The molecule has 0 bridgehead atoms. The summed E-state index contributed by atoms with van der Waals surface area (Å²) in [5, 5.41) is 9.23. The fraction of sp³-hybridized carbons (Fsp3) is 0.364. The van der Waals surface area contributed by atoms with Gasteiger partial charge in [0.15, 0.2) is 14.6 Å². The Hall–Kier alpha value is -0.400. The molecule has 1 aromatic rings. The molecule has 1 fully saturated rings. The molecular formula is C11H10Br2O4S. The molecule has 1 saturated carbocycles. The topological polar surface area (TPSA) is 71.4 Å². The minimum Gasteiger partial charge on any atom is -0.480 e. The summed E-state index contributed by atoms with van der Waals surface area (Å²) in [6, 6.07) is 4.71. The van der Waals surface area contributed by atoms with Gasteiger partial charge in [0.1, 0.15) is 0 Å². The van der Waals surface area contributed by atoms with Crippen molar-refractivity contribution >= 4 is 47.7 Å². The molecule has 0 aromatic heterocycles. The van der Waals surface area contributed by atoms with Crippen LogP contribution in [-0.2, 0) is 14.6 Å². The normalized spacial score (nSPS) is 18.1. The Kier molecular flexibility index (Phi) is 3.59. The van der Waals surface area contributed by atoms with E-state index in [1.54, 1.807) is 12.1 Å². The van der Waals surface area contributed by atoms with Crippen molar-refractivity contribution in [2.24, 2.45) is 0 Å². The van der Waals surface area contributed by atoms with E-state index >= 15 is 0 Å². The predicted octanol–water partition coefficient (Wildman–Crippen LogP) is 2.99. The van der Waals surface area contributed by atoms with E-state index in [2.05, 4.69) is 31.9 Å². The number of halogens is 2. The Labute approximate surface area is 122 Å². The highest BCUT2D eigenvalue weighted by Crippen LogP contribution is 2.45. The van der Waals surface area contributed by atoms with Gasteiger partial charge in [0.05, 0.1) is 4.90 Å². The van der Waals surface area contributed by atoms with Crippen molar-refractivity contribution < 1.29 is 18.3 Å². The minimum absolute atomic E-state index is 0.0268. The lowest BCUT2D eigenvalue weighted by Gasteiger charge is -2.36. The number of hydrogen-bond donors (Lipinski definition) is 1. The van der Waals surface area contributed by atoms with Crippen molar-refractivity contribution in [3.05, 3.63) is 27.1 Å². The lowest BCUT2D eigenvalue weighted by atomic mass is 9.84. The monoisotopic (exact) mass is 396 g/mol. The summed E-state index contributed by atoms with van der Waals surface area (Å²) < 4.78 is 24.4. The summed E-state index contributed by atoms with van der Waals surface area (Å²) in [4.78, 5) is 11.3. The lowest BCUT2D eigenvalue weighted by Crippen LogP contribution is -2.52. The molecule has 0 unspecified atom stereocenters. The molecule has 1 N–H and O–H groups in total. The summed E-state index contributed by atoms with van der Waals surface area (Å²) in [5.74, 6) is -1.26. The van der Waals surface area contributed by atoms with Crippen LogP contribution in [0.2, 0.25) is 0 Å². The van der Waals surface area contributed by atoms with Crippen molar-refractivity contribution in [3.8, 4) is 0 Å². The zero-order valence-electron chi connectivity index (χ0n) is 9.19. The van der Waals surface area contributed by atoms with Crippen molar-refractivity contribution in [3.63, 3.8) is 0 Å². The highest BCUT2D eigenvalue weighted by molar-refractivity contribution is 9.11. The fourth-order valence-electron chi connectivity index (χ4n) is 1.99. The van der Waals surface area contributed by atoms with Crippen LogP contribution in [0.25, 0.3) is 0 Å². The van der Waals surface area contributed by atoms with Crippen LogP contribution in [-0.4, -0.2) is 24.2 Å². The van der Waals surface area contributed by atoms with Crippen LogP contribution in [0.4, 0.5) is 0 Å². The minimum atomic E-state index is -3.89. The van der Waals surface area contributed by atoms with E-state index in [1.165, 1.54) is 6.07 Å².